The molecular formula is C28H30N2O. The topological polar surface area (TPSA) is 36.3 Å². The molecule has 0 unspecified atom stereocenters. The molecule has 0 aromatic heterocycles. The molecular weight excluding hydrogens is 380 g/mol. The Bertz CT molecular complexity index is 992. The Morgan fingerprint density at radius 1 is 0.968 bits per heavy atom. The molecule has 2 heterocycles. The lowest BCUT2D eigenvalue weighted by Gasteiger charge is -2.37. The molecule has 0 amide bonds. The molecule has 2 aliphatic rings. The minimum atomic E-state index is -0.373. The van der Waals surface area contributed by atoms with Crippen LogP contribution in [0.2, 0.25) is 0 Å². The van der Waals surface area contributed by atoms with Crippen LogP contribution in [0.4, 0.5) is 0 Å². The number of nitrogens with zero attached hydrogens (tertiary/aromatic N) is 1. The maximum Gasteiger partial charge on any atom is 0.122 e. The molecule has 3 aromatic carbocycles. The number of fused-ring (bicyclic) bond motifs is 1. The largest absolute Gasteiger partial charge is 0.493 e. The number of hydrogen-bond donors (Lipinski definition) is 1. The van der Waals surface area contributed by atoms with E-state index in [2.05, 4.69) is 83.8 Å². The summed E-state index contributed by atoms with van der Waals surface area (Å²) in [5.41, 5.74) is 4.83. The number of rotatable bonds is 7. The van der Waals surface area contributed by atoms with E-state index >= 15 is 0 Å². The molecule has 31 heavy (non-hydrogen) atoms. The van der Waals surface area contributed by atoms with Crippen molar-refractivity contribution in [2.45, 2.75) is 24.7 Å². The fourth-order valence-corrected chi connectivity index (χ4v) is 5.44. The number of benzene rings is 3. The standard InChI is InChI=1S/C28H30N2O/c29-21-28(24-7-3-1-4-8-24,25-9-5-2-6-10-25)26-14-17-30(20-26)16-13-22-11-12-27-23(19-22)15-18-31-27/h1-12,19,21,26,29H,13-18,20H2/t26-/m1/s1. The highest BCUT2D eigenvalue weighted by atomic mass is 16.5. The van der Waals surface area contributed by atoms with E-state index in [-0.39, 0.29) is 5.41 Å². The van der Waals surface area contributed by atoms with Crippen molar-refractivity contribution in [3.05, 3.63) is 101 Å². The lowest BCUT2D eigenvalue weighted by molar-refractivity contribution is 0.312. The van der Waals surface area contributed by atoms with Crippen LogP contribution < -0.4 is 4.74 Å². The van der Waals surface area contributed by atoms with Crippen molar-refractivity contribution < 1.29 is 4.74 Å². The maximum absolute atomic E-state index is 8.57. The molecule has 3 heteroatoms. The molecule has 1 atom stereocenters. The van der Waals surface area contributed by atoms with Gasteiger partial charge in [0.1, 0.15) is 5.75 Å². The summed E-state index contributed by atoms with van der Waals surface area (Å²) in [5, 5.41) is 8.57. The van der Waals surface area contributed by atoms with Crippen LogP contribution in [-0.4, -0.2) is 37.4 Å². The van der Waals surface area contributed by atoms with Crippen LogP contribution in [0.5, 0.6) is 5.75 Å². The second-order valence-electron chi connectivity index (χ2n) is 8.82. The normalized spacial score (nSPS) is 18.5. The van der Waals surface area contributed by atoms with Gasteiger partial charge in [-0.3, -0.25) is 0 Å². The van der Waals surface area contributed by atoms with E-state index in [9.17, 15) is 0 Å². The highest BCUT2D eigenvalue weighted by Crippen LogP contribution is 2.42. The third kappa shape index (κ3) is 3.79. The zero-order chi connectivity index (χ0) is 21.1. The summed E-state index contributed by atoms with van der Waals surface area (Å²) in [6.07, 6.45) is 4.91. The Balaban J connectivity index is 1.35. The summed E-state index contributed by atoms with van der Waals surface area (Å²) in [6, 6.07) is 27.9. The molecule has 2 aliphatic heterocycles. The van der Waals surface area contributed by atoms with Crippen LogP contribution in [0.1, 0.15) is 28.7 Å². The average Bonchev–Trinajstić information content (AvgIpc) is 3.50. The van der Waals surface area contributed by atoms with Crippen LogP contribution in [0.3, 0.4) is 0 Å². The highest BCUT2D eigenvalue weighted by molar-refractivity contribution is 5.78. The molecule has 5 rings (SSSR count). The van der Waals surface area contributed by atoms with E-state index < -0.39 is 0 Å². The molecule has 0 saturated carbocycles. The van der Waals surface area contributed by atoms with Gasteiger partial charge in [-0.2, -0.15) is 0 Å². The highest BCUT2D eigenvalue weighted by Gasteiger charge is 2.43. The summed E-state index contributed by atoms with van der Waals surface area (Å²) in [4.78, 5) is 2.58. The monoisotopic (exact) mass is 410 g/mol. The van der Waals surface area contributed by atoms with E-state index in [0.29, 0.717) is 5.92 Å². The molecule has 1 fully saturated rings. The van der Waals surface area contributed by atoms with Crippen molar-refractivity contribution in [3.8, 4) is 5.75 Å². The van der Waals surface area contributed by atoms with Gasteiger partial charge in [0.25, 0.3) is 0 Å². The Labute approximate surface area is 185 Å². The van der Waals surface area contributed by atoms with E-state index in [1.165, 1.54) is 22.3 Å². The average molecular weight is 411 g/mol. The molecule has 0 radical (unpaired) electrons. The lowest BCUT2D eigenvalue weighted by atomic mass is 9.66. The van der Waals surface area contributed by atoms with E-state index in [4.69, 9.17) is 10.1 Å². The Hall–Kier alpha value is -2.91. The summed E-state index contributed by atoms with van der Waals surface area (Å²) >= 11 is 0. The number of likely N-dealkylation sites (tertiary alicyclic amines) is 1. The smallest absolute Gasteiger partial charge is 0.122 e. The maximum atomic E-state index is 8.57. The predicted octanol–water partition coefficient (Wildman–Crippen LogP) is 5.12. The number of ether oxygens (including phenoxy) is 1. The minimum absolute atomic E-state index is 0.373. The Morgan fingerprint density at radius 2 is 1.68 bits per heavy atom. The second-order valence-corrected chi connectivity index (χ2v) is 8.82. The van der Waals surface area contributed by atoms with Gasteiger partial charge in [0, 0.05) is 25.7 Å². The quantitative estimate of drug-likeness (QED) is 0.549. The minimum Gasteiger partial charge on any atom is -0.493 e. The van der Waals surface area contributed by atoms with Crippen molar-refractivity contribution in [2.24, 2.45) is 5.92 Å². The molecule has 0 aliphatic carbocycles. The SMILES string of the molecule is N=CC(c1ccccc1)(c1ccccc1)[C@@H]1CCN(CCc2ccc3c(c2)CCO3)C1. The summed E-state index contributed by atoms with van der Waals surface area (Å²) in [5.74, 6) is 1.45. The molecule has 0 bridgehead atoms. The zero-order valence-corrected chi connectivity index (χ0v) is 18.0. The van der Waals surface area contributed by atoms with Crippen molar-refractivity contribution >= 4 is 6.21 Å². The van der Waals surface area contributed by atoms with E-state index in [0.717, 1.165) is 51.3 Å². The van der Waals surface area contributed by atoms with Crippen molar-refractivity contribution in [2.75, 3.05) is 26.2 Å². The first-order valence-corrected chi connectivity index (χ1v) is 11.4. The Morgan fingerprint density at radius 3 is 2.35 bits per heavy atom. The first-order valence-electron chi connectivity index (χ1n) is 11.4. The summed E-state index contributed by atoms with van der Waals surface area (Å²) in [6.45, 7) is 3.99. The van der Waals surface area contributed by atoms with Gasteiger partial charge in [-0.1, -0.05) is 72.8 Å². The Kier molecular flexibility index (Phi) is 5.61. The molecule has 1 saturated heterocycles. The molecule has 3 nitrogen and oxygen atoms in total. The van der Waals surface area contributed by atoms with Crippen molar-refractivity contribution in [3.63, 3.8) is 0 Å². The first kappa shape index (κ1) is 20.0. The number of nitrogens with one attached hydrogen (secondary N) is 1. The van der Waals surface area contributed by atoms with Gasteiger partial charge in [0.15, 0.2) is 0 Å². The van der Waals surface area contributed by atoms with Crippen molar-refractivity contribution in [1.82, 2.24) is 4.90 Å². The fraction of sp³-hybridized carbons (Fsp3) is 0.321. The summed E-state index contributed by atoms with van der Waals surface area (Å²) < 4.78 is 5.65. The van der Waals surface area contributed by atoms with Gasteiger partial charge in [-0.25, -0.2) is 0 Å². The lowest BCUT2D eigenvalue weighted by Crippen LogP contribution is -2.40. The van der Waals surface area contributed by atoms with Crippen LogP contribution in [0, 0.1) is 11.3 Å². The van der Waals surface area contributed by atoms with Crippen molar-refractivity contribution in [1.29, 1.82) is 5.41 Å². The van der Waals surface area contributed by atoms with Crippen LogP contribution in [0.15, 0.2) is 78.9 Å². The van der Waals surface area contributed by atoms with Crippen LogP contribution >= 0.6 is 0 Å². The first-order chi connectivity index (χ1) is 15.3. The van der Waals surface area contributed by atoms with Gasteiger partial charge < -0.3 is 15.0 Å². The van der Waals surface area contributed by atoms with Crippen LogP contribution in [-0.2, 0) is 18.3 Å². The molecule has 1 N–H and O–H groups in total. The molecule has 3 aromatic rings. The van der Waals surface area contributed by atoms with E-state index in [1.54, 1.807) is 6.21 Å². The summed E-state index contributed by atoms with van der Waals surface area (Å²) in [7, 11) is 0. The molecule has 0 spiro atoms. The van der Waals surface area contributed by atoms with Gasteiger partial charge >= 0.3 is 0 Å². The molecule has 158 valence electrons. The fourth-order valence-electron chi connectivity index (χ4n) is 5.44. The van der Waals surface area contributed by atoms with Gasteiger partial charge in [0.2, 0.25) is 0 Å². The third-order valence-electron chi connectivity index (χ3n) is 7.12. The van der Waals surface area contributed by atoms with Gasteiger partial charge in [-0.05, 0) is 53.6 Å². The zero-order valence-electron chi connectivity index (χ0n) is 18.0. The predicted molar refractivity (Wildman–Crippen MR) is 126 cm³/mol. The number of hydrogen-bond acceptors (Lipinski definition) is 3. The van der Waals surface area contributed by atoms with Gasteiger partial charge in [0.05, 0.1) is 12.0 Å². The van der Waals surface area contributed by atoms with Crippen LogP contribution in [0.25, 0.3) is 0 Å². The van der Waals surface area contributed by atoms with E-state index in [1.807, 2.05) is 0 Å². The third-order valence-corrected chi connectivity index (χ3v) is 7.12. The second kappa shape index (κ2) is 8.68. The van der Waals surface area contributed by atoms with Gasteiger partial charge in [-0.15, -0.1) is 0 Å².